The summed E-state index contributed by atoms with van der Waals surface area (Å²) in [6, 6.07) is 14.5. The Hall–Kier alpha value is -2.67. The molecule has 2 aromatic rings. The topological polar surface area (TPSA) is 63.0 Å². The van der Waals surface area contributed by atoms with Crippen LogP contribution in [0.25, 0.3) is 11.3 Å². The number of benzene rings is 1. The van der Waals surface area contributed by atoms with Gasteiger partial charge in [-0.25, -0.2) is 0 Å². The number of carbonyl (C=O) groups excluding carboxylic acids is 1. The lowest BCUT2D eigenvalue weighted by atomic mass is 9.69. The summed E-state index contributed by atoms with van der Waals surface area (Å²) in [6.45, 7) is 4.46. The molecule has 0 spiro atoms. The lowest BCUT2D eigenvalue weighted by Crippen LogP contribution is -2.31. The number of esters is 1. The SMILES string of the molecule is CCCCCCCCC1(C#N)CCC(C(=O)Oc2ccc(-c3ccc(CCCCCC)cn3)cc2)CC1. The lowest BCUT2D eigenvalue weighted by molar-refractivity contribution is -0.140. The van der Waals surface area contributed by atoms with Crippen molar-refractivity contribution in [3.05, 3.63) is 48.2 Å². The molecule has 0 amide bonds. The van der Waals surface area contributed by atoms with E-state index in [2.05, 4.69) is 37.0 Å². The average Bonchev–Trinajstić information content (AvgIpc) is 2.94. The zero-order chi connectivity index (χ0) is 26.3. The summed E-state index contributed by atoms with van der Waals surface area (Å²) in [5.74, 6) is 0.298. The first-order chi connectivity index (χ1) is 18.1. The number of nitriles is 1. The van der Waals surface area contributed by atoms with Gasteiger partial charge in [-0.15, -0.1) is 0 Å². The molecule has 0 bridgehead atoms. The predicted molar refractivity (Wildman–Crippen MR) is 151 cm³/mol. The quantitative estimate of drug-likeness (QED) is 0.138. The van der Waals surface area contributed by atoms with Crippen molar-refractivity contribution in [2.75, 3.05) is 0 Å². The highest BCUT2D eigenvalue weighted by Gasteiger charge is 2.37. The second-order valence-corrected chi connectivity index (χ2v) is 11.0. The van der Waals surface area contributed by atoms with Crippen molar-refractivity contribution in [1.29, 1.82) is 5.26 Å². The molecule has 1 aliphatic carbocycles. The van der Waals surface area contributed by atoms with Crippen LogP contribution in [-0.4, -0.2) is 11.0 Å². The molecule has 4 nitrogen and oxygen atoms in total. The van der Waals surface area contributed by atoms with E-state index in [0.29, 0.717) is 5.75 Å². The summed E-state index contributed by atoms with van der Waals surface area (Å²) < 4.78 is 5.72. The van der Waals surface area contributed by atoms with E-state index in [1.165, 1.54) is 63.4 Å². The van der Waals surface area contributed by atoms with Crippen LogP contribution < -0.4 is 4.74 Å². The van der Waals surface area contributed by atoms with Crippen LogP contribution in [0, 0.1) is 22.7 Å². The van der Waals surface area contributed by atoms with Crippen LogP contribution in [0.5, 0.6) is 5.75 Å². The van der Waals surface area contributed by atoms with E-state index in [4.69, 9.17) is 4.74 Å². The zero-order valence-corrected chi connectivity index (χ0v) is 23.1. The van der Waals surface area contributed by atoms with Gasteiger partial charge in [0.25, 0.3) is 0 Å². The molecule has 0 aliphatic heterocycles. The minimum atomic E-state index is -0.249. The van der Waals surface area contributed by atoms with Gasteiger partial charge in [-0.05, 0) is 80.8 Å². The number of aryl methyl sites for hydroxylation is 1. The number of pyridine rings is 1. The van der Waals surface area contributed by atoms with Crippen LogP contribution in [0.4, 0.5) is 0 Å². The van der Waals surface area contributed by atoms with Crippen LogP contribution >= 0.6 is 0 Å². The summed E-state index contributed by atoms with van der Waals surface area (Å²) in [5.41, 5.74) is 2.98. The Morgan fingerprint density at radius 1 is 0.919 bits per heavy atom. The normalized spacial score (nSPS) is 19.3. The monoisotopic (exact) mass is 502 g/mol. The summed E-state index contributed by atoms with van der Waals surface area (Å²) >= 11 is 0. The van der Waals surface area contributed by atoms with Gasteiger partial charge in [0.15, 0.2) is 0 Å². The highest BCUT2D eigenvalue weighted by Crippen LogP contribution is 2.43. The van der Waals surface area contributed by atoms with Gasteiger partial charge in [-0.1, -0.05) is 77.7 Å². The summed E-state index contributed by atoms with van der Waals surface area (Å²) in [7, 11) is 0. The van der Waals surface area contributed by atoms with Gasteiger partial charge in [-0.2, -0.15) is 5.26 Å². The first-order valence-corrected chi connectivity index (χ1v) is 14.8. The fourth-order valence-electron chi connectivity index (χ4n) is 5.46. The van der Waals surface area contributed by atoms with Gasteiger partial charge in [0.2, 0.25) is 0 Å². The second-order valence-electron chi connectivity index (χ2n) is 11.0. The van der Waals surface area contributed by atoms with E-state index >= 15 is 0 Å². The molecule has 200 valence electrons. The molecule has 1 aromatic carbocycles. The third kappa shape index (κ3) is 9.29. The molecular weight excluding hydrogens is 456 g/mol. The fourth-order valence-corrected chi connectivity index (χ4v) is 5.46. The van der Waals surface area contributed by atoms with E-state index in [0.717, 1.165) is 56.2 Å². The predicted octanol–water partition coefficient (Wildman–Crippen LogP) is 9.23. The molecule has 37 heavy (non-hydrogen) atoms. The van der Waals surface area contributed by atoms with Gasteiger partial charge < -0.3 is 4.74 Å². The van der Waals surface area contributed by atoms with E-state index in [-0.39, 0.29) is 17.3 Å². The van der Waals surface area contributed by atoms with Crippen LogP contribution in [0.15, 0.2) is 42.6 Å². The standard InChI is InChI=1S/C33H46N2O2/c1-3-5-7-9-10-12-22-33(26-34)23-20-29(21-24-33)32(36)37-30-17-15-28(16-18-30)31-19-14-27(25-35-31)13-11-8-6-4-2/h14-19,25,29H,3-13,20-24H2,1-2H3. The van der Waals surface area contributed by atoms with Crippen LogP contribution in [0.3, 0.4) is 0 Å². The van der Waals surface area contributed by atoms with Crippen LogP contribution in [-0.2, 0) is 11.2 Å². The van der Waals surface area contributed by atoms with Gasteiger partial charge in [-0.3, -0.25) is 9.78 Å². The third-order valence-electron chi connectivity index (χ3n) is 8.03. The number of nitrogens with zero attached hydrogens (tertiary/aromatic N) is 2. The highest BCUT2D eigenvalue weighted by molar-refractivity contribution is 5.75. The molecule has 1 heterocycles. The Kier molecular flexibility index (Phi) is 12.1. The van der Waals surface area contributed by atoms with E-state index in [1.807, 2.05) is 30.5 Å². The molecule has 1 aliphatic rings. The third-order valence-corrected chi connectivity index (χ3v) is 8.03. The smallest absolute Gasteiger partial charge is 0.314 e. The molecule has 0 N–H and O–H groups in total. The summed E-state index contributed by atoms with van der Waals surface area (Å²) in [5, 5.41) is 9.86. The van der Waals surface area contributed by atoms with Crippen LogP contribution in [0.2, 0.25) is 0 Å². The van der Waals surface area contributed by atoms with Crippen molar-refractivity contribution in [3.8, 4) is 23.1 Å². The molecule has 0 radical (unpaired) electrons. The van der Waals surface area contributed by atoms with Crippen molar-refractivity contribution in [3.63, 3.8) is 0 Å². The number of unbranched alkanes of at least 4 members (excludes halogenated alkanes) is 8. The number of ether oxygens (including phenoxy) is 1. The second kappa shape index (κ2) is 15.6. The van der Waals surface area contributed by atoms with Crippen molar-refractivity contribution >= 4 is 5.97 Å². The Morgan fingerprint density at radius 3 is 2.19 bits per heavy atom. The lowest BCUT2D eigenvalue weighted by Gasteiger charge is -2.34. The maximum absolute atomic E-state index is 12.8. The van der Waals surface area contributed by atoms with E-state index in [1.54, 1.807) is 0 Å². The van der Waals surface area contributed by atoms with E-state index < -0.39 is 0 Å². The van der Waals surface area contributed by atoms with Crippen molar-refractivity contribution in [2.24, 2.45) is 11.3 Å². The van der Waals surface area contributed by atoms with Crippen molar-refractivity contribution < 1.29 is 9.53 Å². The molecule has 3 rings (SSSR count). The number of carbonyl (C=O) groups is 1. The van der Waals surface area contributed by atoms with Gasteiger partial charge >= 0.3 is 5.97 Å². The van der Waals surface area contributed by atoms with Crippen LogP contribution in [0.1, 0.15) is 116 Å². The Balaban J connectivity index is 1.44. The first-order valence-electron chi connectivity index (χ1n) is 14.8. The Labute approximate surface area is 224 Å². The molecular formula is C33H46N2O2. The zero-order valence-electron chi connectivity index (χ0n) is 23.1. The number of hydrogen-bond acceptors (Lipinski definition) is 4. The van der Waals surface area contributed by atoms with Crippen molar-refractivity contribution in [1.82, 2.24) is 4.98 Å². The highest BCUT2D eigenvalue weighted by atomic mass is 16.5. The Bertz CT molecular complexity index is 967. The fraction of sp³-hybridized carbons (Fsp3) is 0.606. The van der Waals surface area contributed by atoms with Gasteiger partial charge in [0.1, 0.15) is 5.75 Å². The minimum Gasteiger partial charge on any atom is -0.426 e. The number of rotatable bonds is 15. The summed E-state index contributed by atoms with van der Waals surface area (Å²) in [4.78, 5) is 17.5. The number of aromatic nitrogens is 1. The maximum atomic E-state index is 12.8. The molecule has 1 saturated carbocycles. The minimum absolute atomic E-state index is 0.114. The molecule has 1 aromatic heterocycles. The molecule has 4 heteroatoms. The molecule has 0 atom stereocenters. The largest absolute Gasteiger partial charge is 0.426 e. The van der Waals surface area contributed by atoms with E-state index in [9.17, 15) is 10.1 Å². The first kappa shape index (κ1) is 28.9. The Morgan fingerprint density at radius 2 is 1.57 bits per heavy atom. The maximum Gasteiger partial charge on any atom is 0.314 e. The van der Waals surface area contributed by atoms with Gasteiger partial charge in [0.05, 0.1) is 23.1 Å². The molecule has 1 fully saturated rings. The summed E-state index contributed by atoms with van der Waals surface area (Å²) in [6.07, 6.45) is 19.6. The van der Waals surface area contributed by atoms with Crippen molar-refractivity contribution in [2.45, 2.75) is 117 Å². The van der Waals surface area contributed by atoms with Gasteiger partial charge in [0, 0.05) is 11.8 Å². The molecule has 0 unspecified atom stereocenters. The number of hydrogen-bond donors (Lipinski definition) is 0. The average molecular weight is 503 g/mol. The molecule has 0 saturated heterocycles.